The fraction of sp³-hybridized carbons (Fsp3) is 0.636. The zero-order chi connectivity index (χ0) is 22.2. The molecule has 9 heteroatoms. The van der Waals surface area contributed by atoms with E-state index in [-0.39, 0.29) is 31.7 Å². The van der Waals surface area contributed by atoms with Gasteiger partial charge in [-0.15, -0.1) is 0 Å². The van der Waals surface area contributed by atoms with Crippen molar-refractivity contribution < 1.29 is 42.9 Å². The number of aliphatic hydroxyl groups excluding tert-OH is 1. The highest BCUT2D eigenvalue weighted by molar-refractivity contribution is 6.04. The number of aliphatic hydroxyl groups is 1. The topological polar surface area (TPSA) is 133 Å². The molecule has 0 amide bonds. The lowest BCUT2D eigenvalue weighted by Crippen LogP contribution is -2.72. The van der Waals surface area contributed by atoms with E-state index in [0.29, 0.717) is 5.56 Å². The molecule has 4 fully saturated rings. The normalized spacial score (nSPS) is 43.8. The van der Waals surface area contributed by atoms with Crippen molar-refractivity contribution in [2.24, 2.45) is 22.7 Å². The number of epoxide rings is 1. The summed E-state index contributed by atoms with van der Waals surface area (Å²) in [6.07, 6.45) is 1.43. The monoisotopic (exact) mass is 432 g/mol. The van der Waals surface area contributed by atoms with Crippen molar-refractivity contribution in [3.8, 4) is 0 Å². The first-order valence-corrected chi connectivity index (χ1v) is 10.5. The molecule has 1 aromatic heterocycles. The Morgan fingerprint density at radius 2 is 2.06 bits per heavy atom. The van der Waals surface area contributed by atoms with Gasteiger partial charge in [-0.3, -0.25) is 19.2 Å². The highest BCUT2D eigenvalue weighted by Gasteiger charge is 2.82. The molecule has 2 aliphatic carbocycles. The number of carbonyl (C=O) groups is 4. The van der Waals surface area contributed by atoms with Gasteiger partial charge in [0.25, 0.3) is 0 Å². The first-order chi connectivity index (χ1) is 14.7. The molecule has 2 spiro atoms. The molecule has 4 aliphatic rings. The van der Waals surface area contributed by atoms with Gasteiger partial charge in [0.05, 0.1) is 24.5 Å². The minimum atomic E-state index is -1.63. The average Bonchev–Trinajstić information content (AvgIpc) is 3.20. The van der Waals surface area contributed by atoms with Crippen LogP contribution in [0.2, 0.25) is 0 Å². The Hall–Kier alpha value is -2.52. The summed E-state index contributed by atoms with van der Waals surface area (Å²) >= 11 is 0. The molecule has 1 N–H and O–H groups in total. The second kappa shape index (κ2) is 6.49. The molecule has 5 rings (SSSR count). The van der Waals surface area contributed by atoms with Gasteiger partial charge in [-0.1, -0.05) is 6.92 Å². The largest absolute Gasteiger partial charge is 0.472 e. The van der Waals surface area contributed by atoms with Crippen LogP contribution in [0.1, 0.15) is 44.8 Å². The zero-order valence-corrected chi connectivity index (χ0v) is 17.3. The molecule has 0 radical (unpaired) electrons. The van der Waals surface area contributed by atoms with Crippen LogP contribution in [0.25, 0.3) is 0 Å². The van der Waals surface area contributed by atoms with Crippen molar-refractivity contribution in [1.29, 1.82) is 0 Å². The first-order valence-electron chi connectivity index (χ1n) is 10.5. The zero-order valence-electron chi connectivity index (χ0n) is 17.3. The van der Waals surface area contributed by atoms with Crippen LogP contribution in [0.4, 0.5) is 0 Å². The number of cyclic esters (lactones) is 1. The summed E-state index contributed by atoms with van der Waals surface area (Å²) < 4.78 is 21.8. The molecule has 2 saturated heterocycles. The van der Waals surface area contributed by atoms with E-state index in [4.69, 9.17) is 18.6 Å². The van der Waals surface area contributed by atoms with E-state index in [0.717, 1.165) is 0 Å². The molecular weight excluding hydrogens is 408 g/mol. The first kappa shape index (κ1) is 20.4. The molecule has 166 valence electrons. The number of fused-ring (bicyclic) bond motifs is 3. The molecule has 3 heterocycles. The van der Waals surface area contributed by atoms with Gasteiger partial charge in [0.15, 0.2) is 17.2 Å². The van der Waals surface area contributed by atoms with E-state index in [2.05, 4.69) is 0 Å². The summed E-state index contributed by atoms with van der Waals surface area (Å²) in [6.45, 7) is 2.44. The number of ketones is 2. The van der Waals surface area contributed by atoms with Crippen LogP contribution in [-0.2, 0) is 33.4 Å². The van der Waals surface area contributed by atoms with Crippen molar-refractivity contribution in [3.63, 3.8) is 0 Å². The predicted octanol–water partition coefficient (Wildman–Crippen LogP) is 1.13. The molecular formula is C22H24O9. The summed E-state index contributed by atoms with van der Waals surface area (Å²) in [5, 5.41) is 11.0. The van der Waals surface area contributed by atoms with Gasteiger partial charge in [-0.2, -0.15) is 0 Å². The molecule has 7 atom stereocenters. The molecule has 1 aromatic rings. The summed E-state index contributed by atoms with van der Waals surface area (Å²) in [6, 6.07) is 1.70. The number of hydrogen-bond acceptors (Lipinski definition) is 9. The van der Waals surface area contributed by atoms with Crippen molar-refractivity contribution in [2.75, 3.05) is 13.2 Å². The van der Waals surface area contributed by atoms with Gasteiger partial charge in [0, 0.05) is 31.2 Å². The SMILES string of the molecule is CC(=O)OCC12C(=O)C(O)C(C)C3(CC(c4ccoc4)OC3=O)C1CCC(=O)C21CO1. The van der Waals surface area contributed by atoms with Crippen molar-refractivity contribution in [3.05, 3.63) is 24.2 Å². The van der Waals surface area contributed by atoms with Crippen LogP contribution < -0.4 is 0 Å². The van der Waals surface area contributed by atoms with Crippen LogP contribution >= 0.6 is 0 Å². The molecule has 2 aliphatic heterocycles. The smallest absolute Gasteiger partial charge is 0.313 e. The highest BCUT2D eigenvalue weighted by atomic mass is 16.6. The molecule has 0 bridgehead atoms. The summed E-state index contributed by atoms with van der Waals surface area (Å²) in [5.74, 6) is -3.46. The Morgan fingerprint density at radius 3 is 2.68 bits per heavy atom. The molecule has 7 unspecified atom stereocenters. The Kier molecular flexibility index (Phi) is 4.27. The molecule has 2 saturated carbocycles. The molecule has 0 aromatic carbocycles. The lowest BCUT2D eigenvalue weighted by Gasteiger charge is -2.58. The second-order valence-electron chi connectivity index (χ2n) is 9.17. The predicted molar refractivity (Wildman–Crippen MR) is 100 cm³/mol. The maximum Gasteiger partial charge on any atom is 0.313 e. The summed E-state index contributed by atoms with van der Waals surface area (Å²) in [4.78, 5) is 51.7. The van der Waals surface area contributed by atoms with Gasteiger partial charge in [0.2, 0.25) is 0 Å². The maximum atomic E-state index is 13.6. The molecule has 31 heavy (non-hydrogen) atoms. The number of esters is 2. The van der Waals surface area contributed by atoms with E-state index >= 15 is 0 Å². The van der Waals surface area contributed by atoms with Crippen LogP contribution in [0.5, 0.6) is 0 Å². The van der Waals surface area contributed by atoms with Gasteiger partial charge in [-0.05, 0) is 18.4 Å². The number of furan rings is 1. The van der Waals surface area contributed by atoms with Crippen LogP contribution in [0.3, 0.4) is 0 Å². The summed E-state index contributed by atoms with van der Waals surface area (Å²) in [5.41, 5.74) is -3.68. The maximum absolute atomic E-state index is 13.6. The van der Waals surface area contributed by atoms with E-state index in [9.17, 15) is 24.3 Å². The van der Waals surface area contributed by atoms with Crippen LogP contribution in [0.15, 0.2) is 23.0 Å². The number of hydrogen-bond donors (Lipinski definition) is 1. The number of rotatable bonds is 3. The third-order valence-corrected chi connectivity index (χ3v) is 8.05. The standard InChI is InChI=1S/C22H24O9/c1-11-17(25)18(26)21(9-29-12(2)23)15(3-4-16(24)22(21)10-30-22)20(11)7-14(31-19(20)27)13-5-6-28-8-13/h5-6,8,11,14-15,17,25H,3-4,7,9-10H2,1-2H3. The number of Topliss-reactive ketones (excluding diaryl/α,β-unsaturated/α-hetero) is 2. The number of carbonyl (C=O) groups excluding carboxylic acids is 4. The van der Waals surface area contributed by atoms with E-state index in [1.165, 1.54) is 19.5 Å². The average molecular weight is 432 g/mol. The third-order valence-electron chi connectivity index (χ3n) is 8.05. The van der Waals surface area contributed by atoms with E-state index < -0.39 is 64.8 Å². The van der Waals surface area contributed by atoms with E-state index in [1.807, 2.05) is 0 Å². The van der Waals surface area contributed by atoms with Crippen molar-refractivity contribution >= 4 is 23.5 Å². The highest BCUT2D eigenvalue weighted by Crippen LogP contribution is 2.69. The fourth-order valence-electron chi connectivity index (χ4n) is 6.38. The fourth-order valence-corrected chi connectivity index (χ4v) is 6.38. The Morgan fingerprint density at radius 1 is 1.32 bits per heavy atom. The third kappa shape index (κ3) is 2.39. The van der Waals surface area contributed by atoms with Crippen molar-refractivity contribution in [1.82, 2.24) is 0 Å². The number of ether oxygens (including phenoxy) is 3. The Bertz CT molecular complexity index is 962. The second-order valence-corrected chi connectivity index (χ2v) is 9.17. The Labute approximate surface area is 178 Å². The van der Waals surface area contributed by atoms with Crippen LogP contribution in [0, 0.1) is 22.7 Å². The van der Waals surface area contributed by atoms with E-state index in [1.54, 1.807) is 13.0 Å². The van der Waals surface area contributed by atoms with Gasteiger partial charge < -0.3 is 23.7 Å². The quantitative estimate of drug-likeness (QED) is 0.551. The van der Waals surface area contributed by atoms with Gasteiger partial charge in [-0.25, -0.2) is 0 Å². The van der Waals surface area contributed by atoms with Gasteiger partial charge in [0.1, 0.15) is 24.2 Å². The lowest BCUT2D eigenvalue weighted by molar-refractivity contribution is -0.203. The summed E-state index contributed by atoms with van der Waals surface area (Å²) in [7, 11) is 0. The minimum absolute atomic E-state index is 0.00722. The lowest BCUT2D eigenvalue weighted by atomic mass is 9.42. The Balaban J connectivity index is 1.67. The van der Waals surface area contributed by atoms with Crippen molar-refractivity contribution in [2.45, 2.75) is 50.9 Å². The van der Waals surface area contributed by atoms with Crippen LogP contribution in [-0.4, -0.2) is 53.5 Å². The van der Waals surface area contributed by atoms with Gasteiger partial charge >= 0.3 is 11.9 Å². The minimum Gasteiger partial charge on any atom is -0.472 e. The molecule has 9 nitrogen and oxygen atoms in total.